The van der Waals surface area contributed by atoms with Gasteiger partial charge >= 0.3 is 0 Å². The van der Waals surface area contributed by atoms with Gasteiger partial charge in [0.25, 0.3) is 5.92 Å². The summed E-state index contributed by atoms with van der Waals surface area (Å²) in [6, 6.07) is 2.05. The van der Waals surface area contributed by atoms with Gasteiger partial charge in [-0.25, -0.2) is 8.78 Å². The molecule has 0 N–H and O–H groups in total. The molecule has 0 aromatic carbocycles. The Morgan fingerprint density at radius 2 is 2.06 bits per heavy atom. The number of halogens is 2. The van der Waals surface area contributed by atoms with Crippen molar-refractivity contribution >= 4 is 5.78 Å². The third kappa shape index (κ3) is 3.34. The Morgan fingerprint density at radius 3 is 2.81 bits per heavy atom. The minimum atomic E-state index is -2.54. The number of hydrogen-bond donors (Lipinski definition) is 0. The monoisotopic (exact) mass is 429 g/mol. The lowest BCUT2D eigenvalue weighted by Crippen LogP contribution is -2.54. The second-order valence-electron chi connectivity index (χ2n) is 11.3. The summed E-state index contributed by atoms with van der Waals surface area (Å²) < 4.78 is 32.0. The first kappa shape index (κ1) is 21.1. The zero-order valence-electron chi connectivity index (χ0n) is 18.6. The Balaban J connectivity index is 1.34. The quantitative estimate of drug-likeness (QED) is 0.640. The van der Waals surface area contributed by atoms with Gasteiger partial charge in [0, 0.05) is 24.5 Å². The fourth-order valence-electron chi connectivity index (χ4n) is 8.54. The molecule has 1 aromatic heterocycles. The van der Waals surface area contributed by atoms with Crippen molar-refractivity contribution in [2.24, 2.45) is 46.8 Å². The molecule has 1 aromatic rings. The van der Waals surface area contributed by atoms with Crippen molar-refractivity contribution in [3.05, 3.63) is 18.0 Å². The highest BCUT2D eigenvalue weighted by atomic mass is 19.3. The molecule has 0 bridgehead atoms. The molecular weight excluding hydrogens is 396 g/mol. The van der Waals surface area contributed by atoms with E-state index in [1.54, 1.807) is 10.9 Å². The number of nitrogens with zero attached hydrogens (tertiary/aromatic N) is 3. The number of carbonyl (C=O) groups is 1. The third-order valence-corrected chi connectivity index (χ3v) is 9.61. The maximum atomic E-state index is 15.2. The van der Waals surface area contributed by atoms with Crippen LogP contribution in [0.25, 0.3) is 0 Å². The second kappa shape index (κ2) is 7.39. The second-order valence-corrected chi connectivity index (χ2v) is 11.3. The van der Waals surface area contributed by atoms with E-state index in [9.17, 15) is 4.79 Å². The number of aromatic nitrogens is 2. The molecule has 1 heterocycles. The summed E-state index contributed by atoms with van der Waals surface area (Å²) in [6.07, 6.45) is 9.67. The van der Waals surface area contributed by atoms with Crippen LogP contribution in [0.3, 0.4) is 0 Å². The van der Waals surface area contributed by atoms with E-state index in [0.29, 0.717) is 17.4 Å². The fraction of sp³-hybridized carbons (Fsp3) is 0.800. The van der Waals surface area contributed by atoms with Crippen LogP contribution in [-0.2, 0) is 11.3 Å². The van der Waals surface area contributed by atoms with Crippen LogP contribution in [0.2, 0.25) is 0 Å². The highest BCUT2D eigenvalue weighted by Gasteiger charge is 2.62. The zero-order chi connectivity index (χ0) is 22.0. The van der Waals surface area contributed by atoms with Crippen LogP contribution < -0.4 is 0 Å². The predicted molar refractivity (Wildman–Crippen MR) is 112 cm³/mol. The lowest BCUT2D eigenvalue weighted by atomic mass is 9.48. The molecule has 6 heteroatoms. The van der Waals surface area contributed by atoms with Crippen molar-refractivity contribution in [1.29, 1.82) is 5.26 Å². The summed E-state index contributed by atoms with van der Waals surface area (Å²) in [5.41, 5.74) is 0.372. The molecule has 4 fully saturated rings. The van der Waals surface area contributed by atoms with Gasteiger partial charge in [0.15, 0.2) is 5.78 Å². The number of nitriles is 1. The summed E-state index contributed by atoms with van der Waals surface area (Å²) >= 11 is 0. The number of rotatable bonds is 3. The van der Waals surface area contributed by atoms with Crippen molar-refractivity contribution < 1.29 is 13.6 Å². The summed E-state index contributed by atoms with van der Waals surface area (Å²) in [5, 5.41) is 13.1. The number of Topliss-reactive ketones (excluding diaryl/α,β-unsaturated/α-hetero) is 1. The molecule has 8 atom stereocenters. The van der Waals surface area contributed by atoms with E-state index in [-0.39, 0.29) is 47.8 Å². The van der Waals surface area contributed by atoms with E-state index in [1.165, 1.54) is 6.20 Å². The number of ketones is 1. The van der Waals surface area contributed by atoms with Crippen LogP contribution in [-0.4, -0.2) is 21.5 Å². The van der Waals surface area contributed by atoms with Crippen LogP contribution in [0.5, 0.6) is 0 Å². The molecule has 0 saturated heterocycles. The molecule has 0 unspecified atom stereocenters. The number of carbonyl (C=O) groups excluding carboxylic acids is 1. The first-order valence-corrected chi connectivity index (χ1v) is 12.1. The molecule has 4 aliphatic rings. The lowest BCUT2D eigenvalue weighted by molar-refractivity contribution is -0.188. The van der Waals surface area contributed by atoms with Gasteiger partial charge in [-0.3, -0.25) is 9.48 Å². The van der Waals surface area contributed by atoms with E-state index < -0.39 is 11.8 Å². The van der Waals surface area contributed by atoms with Crippen LogP contribution in [0.4, 0.5) is 8.78 Å². The first-order valence-electron chi connectivity index (χ1n) is 12.1. The molecule has 4 nitrogen and oxygen atoms in total. The SMILES string of the molecule is C[C@@H]1C[C@H]2CC[C@@H]3[C@H](CC[C@]4(C)[C@@H](C(=O)Cn5cc(C#N)cn5)CC[C@@H]34)[C@H]2C(F)(F)C1. The van der Waals surface area contributed by atoms with Gasteiger partial charge in [-0.1, -0.05) is 13.8 Å². The van der Waals surface area contributed by atoms with Crippen LogP contribution >= 0.6 is 0 Å². The van der Waals surface area contributed by atoms with Crippen LogP contribution in [0.15, 0.2) is 12.4 Å². The molecule has 4 saturated carbocycles. The van der Waals surface area contributed by atoms with Crippen molar-refractivity contribution in [1.82, 2.24) is 9.78 Å². The molecule has 0 amide bonds. The van der Waals surface area contributed by atoms with Gasteiger partial charge in [0.1, 0.15) is 6.07 Å². The van der Waals surface area contributed by atoms with Crippen LogP contribution in [0, 0.1) is 58.2 Å². The maximum absolute atomic E-state index is 15.2. The molecule has 0 spiro atoms. The Labute approximate surface area is 183 Å². The third-order valence-electron chi connectivity index (χ3n) is 9.61. The highest BCUT2D eigenvalue weighted by molar-refractivity contribution is 5.82. The number of alkyl halides is 2. The van der Waals surface area contributed by atoms with Crippen molar-refractivity contribution in [3.8, 4) is 6.07 Å². The maximum Gasteiger partial charge on any atom is 0.251 e. The van der Waals surface area contributed by atoms with E-state index >= 15 is 8.78 Å². The predicted octanol–water partition coefficient (Wildman–Crippen LogP) is 5.47. The molecule has 5 rings (SSSR count). The zero-order valence-corrected chi connectivity index (χ0v) is 18.6. The van der Waals surface area contributed by atoms with Crippen molar-refractivity contribution in [2.45, 2.75) is 77.7 Å². The van der Waals surface area contributed by atoms with Gasteiger partial charge in [-0.15, -0.1) is 0 Å². The van der Waals surface area contributed by atoms with Crippen molar-refractivity contribution in [2.75, 3.05) is 0 Å². The summed E-state index contributed by atoms with van der Waals surface area (Å²) in [7, 11) is 0. The molecule has 168 valence electrons. The van der Waals surface area contributed by atoms with E-state index in [2.05, 4.69) is 18.1 Å². The van der Waals surface area contributed by atoms with Gasteiger partial charge in [-0.2, -0.15) is 10.4 Å². The summed E-state index contributed by atoms with van der Waals surface area (Å²) in [5.74, 6) is -1.69. The Kier molecular flexibility index (Phi) is 5.03. The normalized spacial score (nSPS) is 43.4. The highest BCUT2D eigenvalue weighted by Crippen LogP contribution is 2.66. The van der Waals surface area contributed by atoms with Gasteiger partial charge in [0.2, 0.25) is 0 Å². The molecular formula is C25H33F2N3O. The minimum Gasteiger partial charge on any atom is -0.297 e. The fourth-order valence-corrected chi connectivity index (χ4v) is 8.54. The molecule has 0 radical (unpaired) electrons. The Hall–Kier alpha value is -1.77. The van der Waals surface area contributed by atoms with E-state index in [0.717, 1.165) is 44.9 Å². The topological polar surface area (TPSA) is 58.7 Å². The van der Waals surface area contributed by atoms with Crippen molar-refractivity contribution in [3.63, 3.8) is 0 Å². The average molecular weight is 430 g/mol. The number of fused-ring (bicyclic) bond motifs is 5. The average Bonchev–Trinajstić information content (AvgIpc) is 3.30. The van der Waals surface area contributed by atoms with Crippen LogP contribution in [0.1, 0.15) is 70.8 Å². The minimum absolute atomic E-state index is 0.0298. The Morgan fingerprint density at radius 1 is 1.26 bits per heavy atom. The van der Waals surface area contributed by atoms with E-state index in [1.807, 2.05) is 6.92 Å². The number of hydrogen-bond acceptors (Lipinski definition) is 3. The van der Waals surface area contributed by atoms with E-state index in [4.69, 9.17) is 5.26 Å². The summed E-state index contributed by atoms with van der Waals surface area (Å²) in [4.78, 5) is 13.2. The van der Waals surface area contributed by atoms with Gasteiger partial charge in [-0.05, 0) is 80.0 Å². The standard InChI is InChI=1S/C25H33F2N3O/c1-15-9-17-3-4-18-19(23(17)25(26,27)10-15)7-8-24(2)20(18)5-6-21(24)22(31)14-30-13-16(11-28)12-29-30/h12-13,15,17-21,23H,3-10,14H2,1-2H3/t15-,17-,18-,19+,20+,21-,23+,24+/m1/s1. The summed E-state index contributed by atoms with van der Waals surface area (Å²) in [6.45, 7) is 4.43. The first-order chi connectivity index (χ1) is 14.7. The van der Waals surface area contributed by atoms with Gasteiger partial charge in [0.05, 0.1) is 18.3 Å². The largest absolute Gasteiger partial charge is 0.297 e. The Bertz CT molecular complexity index is 905. The molecule has 4 aliphatic carbocycles. The smallest absolute Gasteiger partial charge is 0.251 e. The molecule has 0 aliphatic heterocycles. The lowest BCUT2D eigenvalue weighted by Gasteiger charge is -2.57. The van der Waals surface area contributed by atoms with Gasteiger partial charge < -0.3 is 0 Å². The molecule has 31 heavy (non-hydrogen) atoms.